The lowest BCUT2D eigenvalue weighted by Crippen LogP contribution is -2.06. The summed E-state index contributed by atoms with van der Waals surface area (Å²) in [5.41, 5.74) is 6.25. The molecule has 0 aliphatic carbocycles. The first-order valence-electron chi connectivity index (χ1n) is 5.96. The molecule has 0 aliphatic heterocycles. The van der Waals surface area contributed by atoms with E-state index in [1.54, 1.807) is 10.9 Å². The lowest BCUT2D eigenvalue weighted by atomic mass is 10.3. The molecular weight excluding hydrogens is 242 g/mol. The van der Waals surface area contributed by atoms with Gasteiger partial charge in [0.15, 0.2) is 11.5 Å². The first-order chi connectivity index (χ1) is 9.28. The van der Waals surface area contributed by atoms with E-state index < -0.39 is 0 Å². The van der Waals surface area contributed by atoms with Crippen molar-refractivity contribution in [2.45, 2.75) is 6.92 Å². The second kappa shape index (κ2) is 4.52. The van der Waals surface area contributed by atoms with Crippen molar-refractivity contribution >= 4 is 22.8 Å². The Morgan fingerprint density at radius 1 is 1.26 bits per heavy atom. The number of fused-ring (bicyclic) bond motifs is 1. The standard InChI is InChI=1S/C12H13N7/c1-2-14-10-8-4-5-9(19-7-3-6-15-19)16-11(8)18-12(13)17-10/h3-7H,2H2,1H3,(H3,13,14,16,17,18). The molecule has 0 saturated carbocycles. The van der Waals surface area contributed by atoms with E-state index >= 15 is 0 Å². The summed E-state index contributed by atoms with van der Waals surface area (Å²) in [5.74, 6) is 1.59. The molecule has 0 unspecified atom stereocenters. The number of hydrogen-bond donors (Lipinski definition) is 2. The van der Waals surface area contributed by atoms with Gasteiger partial charge in [-0.25, -0.2) is 9.67 Å². The first kappa shape index (κ1) is 11.4. The van der Waals surface area contributed by atoms with Crippen LogP contribution in [0.3, 0.4) is 0 Å². The van der Waals surface area contributed by atoms with Crippen LogP contribution in [-0.4, -0.2) is 31.3 Å². The zero-order valence-corrected chi connectivity index (χ0v) is 10.4. The number of nitrogen functional groups attached to an aromatic ring is 1. The monoisotopic (exact) mass is 255 g/mol. The van der Waals surface area contributed by atoms with Gasteiger partial charge in [0.2, 0.25) is 5.95 Å². The van der Waals surface area contributed by atoms with Gasteiger partial charge in [0, 0.05) is 18.9 Å². The Morgan fingerprint density at radius 3 is 2.89 bits per heavy atom. The number of nitrogens with zero attached hydrogens (tertiary/aromatic N) is 5. The Labute approximate surface area is 109 Å². The van der Waals surface area contributed by atoms with Gasteiger partial charge in [-0.3, -0.25) is 0 Å². The van der Waals surface area contributed by atoms with Crippen LogP contribution in [0.1, 0.15) is 6.92 Å². The molecule has 0 amide bonds. The van der Waals surface area contributed by atoms with Crippen LogP contribution in [-0.2, 0) is 0 Å². The summed E-state index contributed by atoms with van der Waals surface area (Å²) in [4.78, 5) is 12.8. The van der Waals surface area contributed by atoms with Crippen LogP contribution >= 0.6 is 0 Å². The molecule has 0 atom stereocenters. The highest BCUT2D eigenvalue weighted by molar-refractivity contribution is 5.87. The average Bonchev–Trinajstić information content (AvgIpc) is 2.92. The average molecular weight is 255 g/mol. The lowest BCUT2D eigenvalue weighted by molar-refractivity contribution is 0.850. The molecule has 0 radical (unpaired) electrons. The summed E-state index contributed by atoms with van der Waals surface area (Å²) in [7, 11) is 0. The Morgan fingerprint density at radius 2 is 2.16 bits per heavy atom. The topological polar surface area (TPSA) is 94.5 Å². The molecule has 0 aromatic carbocycles. The van der Waals surface area contributed by atoms with Crippen LogP contribution in [0, 0.1) is 0 Å². The van der Waals surface area contributed by atoms with Gasteiger partial charge in [0.1, 0.15) is 5.82 Å². The van der Waals surface area contributed by atoms with Crippen molar-refractivity contribution in [3.05, 3.63) is 30.6 Å². The summed E-state index contributed by atoms with van der Waals surface area (Å²) in [5, 5.41) is 8.13. The second-order valence-electron chi connectivity index (χ2n) is 3.95. The van der Waals surface area contributed by atoms with Gasteiger partial charge < -0.3 is 11.1 Å². The third kappa shape index (κ3) is 2.05. The molecular formula is C12H13N7. The molecule has 96 valence electrons. The molecule has 3 aromatic rings. The molecule has 3 heterocycles. The quantitative estimate of drug-likeness (QED) is 0.730. The number of anilines is 2. The number of nitrogens with one attached hydrogen (secondary N) is 1. The molecule has 3 rings (SSSR count). The minimum Gasteiger partial charge on any atom is -0.370 e. The molecule has 0 spiro atoms. The minimum atomic E-state index is 0.202. The van der Waals surface area contributed by atoms with E-state index in [1.165, 1.54) is 0 Å². The molecule has 0 bridgehead atoms. The van der Waals surface area contributed by atoms with Gasteiger partial charge >= 0.3 is 0 Å². The highest BCUT2D eigenvalue weighted by Gasteiger charge is 2.08. The summed E-state index contributed by atoms with van der Waals surface area (Å²) in [6, 6.07) is 5.62. The number of rotatable bonds is 3. The molecule has 3 aromatic heterocycles. The van der Waals surface area contributed by atoms with Crippen LogP contribution < -0.4 is 11.1 Å². The molecule has 19 heavy (non-hydrogen) atoms. The van der Waals surface area contributed by atoms with E-state index in [0.717, 1.165) is 11.9 Å². The molecule has 0 fully saturated rings. The van der Waals surface area contributed by atoms with Crippen molar-refractivity contribution in [1.82, 2.24) is 24.7 Å². The summed E-state index contributed by atoms with van der Waals surface area (Å²) >= 11 is 0. The van der Waals surface area contributed by atoms with E-state index in [1.807, 2.05) is 31.3 Å². The zero-order valence-electron chi connectivity index (χ0n) is 10.4. The van der Waals surface area contributed by atoms with Crippen molar-refractivity contribution < 1.29 is 0 Å². The second-order valence-corrected chi connectivity index (χ2v) is 3.95. The highest BCUT2D eigenvalue weighted by Crippen LogP contribution is 2.20. The first-order valence-corrected chi connectivity index (χ1v) is 5.96. The number of aromatic nitrogens is 5. The Balaban J connectivity index is 2.18. The van der Waals surface area contributed by atoms with Gasteiger partial charge in [0.25, 0.3) is 0 Å². The van der Waals surface area contributed by atoms with Gasteiger partial charge in [-0.2, -0.15) is 15.1 Å². The van der Waals surface area contributed by atoms with Crippen LogP contribution in [0.5, 0.6) is 0 Å². The predicted octanol–water partition coefficient (Wildman–Crippen LogP) is 1.22. The van der Waals surface area contributed by atoms with Crippen molar-refractivity contribution in [3.63, 3.8) is 0 Å². The van der Waals surface area contributed by atoms with Gasteiger partial charge in [0.05, 0.1) is 5.39 Å². The molecule has 3 N–H and O–H groups in total. The van der Waals surface area contributed by atoms with E-state index in [2.05, 4.69) is 25.4 Å². The van der Waals surface area contributed by atoms with Crippen LogP contribution in [0.2, 0.25) is 0 Å². The molecule has 0 saturated heterocycles. The van der Waals surface area contributed by atoms with Gasteiger partial charge in [-0.05, 0) is 25.1 Å². The maximum atomic E-state index is 5.70. The Bertz CT molecular complexity index is 705. The number of pyridine rings is 1. The van der Waals surface area contributed by atoms with Gasteiger partial charge in [-0.15, -0.1) is 0 Å². The van der Waals surface area contributed by atoms with Crippen LogP contribution in [0.15, 0.2) is 30.6 Å². The third-order valence-electron chi connectivity index (χ3n) is 2.65. The molecule has 7 heteroatoms. The van der Waals surface area contributed by atoms with E-state index in [9.17, 15) is 0 Å². The largest absolute Gasteiger partial charge is 0.370 e. The summed E-state index contributed by atoms with van der Waals surface area (Å²) < 4.78 is 1.67. The Kier molecular flexibility index (Phi) is 2.71. The predicted molar refractivity (Wildman–Crippen MR) is 73.0 cm³/mol. The van der Waals surface area contributed by atoms with E-state index in [0.29, 0.717) is 17.3 Å². The van der Waals surface area contributed by atoms with Gasteiger partial charge in [-0.1, -0.05) is 0 Å². The van der Waals surface area contributed by atoms with Crippen LogP contribution in [0.4, 0.5) is 11.8 Å². The van der Waals surface area contributed by atoms with E-state index in [4.69, 9.17) is 5.73 Å². The normalized spacial score (nSPS) is 10.8. The SMILES string of the molecule is CCNc1nc(N)nc2nc(-n3cccn3)ccc12. The fourth-order valence-corrected chi connectivity index (χ4v) is 1.85. The summed E-state index contributed by atoms with van der Waals surface area (Å²) in [6.45, 7) is 2.75. The fourth-order valence-electron chi connectivity index (χ4n) is 1.85. The Hall–Kier alpha value is -2.70. The van der Waals surface area contributed by atoms with Crippen molar-refractivity contribution in [2.75, 3.05) is 17.6 Å². The van der Waals surface area contributed by atoms with Crippen molar-refractivity contribution in [1.29, 1.82) is 0 Å². The zero-order chi connectivity index (χ0) is 13.2. The summed E-state index contributed by atoms with van der Waals surface area (Å²) in [6.07, 6.45) is 3.52. The van der Waals surface area contributed by atoms with Crippen molar-refractivity contribution in [3.8, 4) is 5.82 Å². The third-order valence-corrected chi connectivity index (χ3v) is 2.65. The van der Waals surface area contributed by atoms with Crippen molar-refractivity contribution in [2.24, 2.45) is 0 Å². The molecule has 7 nitrogen and oxygen atoms in total. The maximum absolute atomic E-state index is 5.70. The minimum absolute atomic E-state index is 0.202. The van der Waals surface area contributed by atoms with Crippen LogP contribution in [0.25, 0.3) is 16.9 Å². The molecule has 0 aliphatic rings. The highest BCUT2D eigenvalue weighted by atomic mass is 15.3. The lowest BCUT2D eigenvalue weighted by Gasteiger charge is -2.08. The number of hydrogen-bond acceptors (Lipinski definition) is 6. The fraction of sp³-hybridized carbons (Fsp3) is 0.167. The smallest absolute Gasteiger partial charge is 0.224 e. The van der Waals surface area contributed by atoms with E-state index in [-0.39, 0.29) is 5.95 Å². The maximum Gasteiger partial charge on any atom is 0.224 e. The number of nitrogens with two attached hydrogens (primary N) is 1.